The average Bonchev–Trinajstić information content (AvgIpc) is 2.10. The Hall–Kier alpha value is -0.610. The van der Waals surface area contributed by atoms with Crippen molar-refractivity contribution in [2.45, 2.75) is 6.42 Å². The molecule has 13 heavy (non-hydrogen) atoms. The van der Waals surface area contributed by atoms with Crippen LogP contribution >= 0.6 is 0 Å². The van der Waals surface area contributed by atoms with Gasteiger partial charge in [-0.3, -0.25) is 4.79 Å². The maximum atomic E-state index is 11.2. The molecule has 0 radical (unpaired) electrons. The smallest absolute Gasteiger partial charge is 0.307 e. The molecule has 4 heteroatoms. The Labute approximate surface area is 81.6 Å². The van der Waals surface area contributed by atoms with Crippen molar-refractivity contribution in [1.82, 2.24) is 9.80 Å². The Morgan fingerprint density at radius 1 is 1.38 bits per heavy atom. The van der Waals surface area contributed by atoms with Crippen molar-refractivity contribution in [3.63, 3.8) is 0 Å². The summed E-state index contributed by atoms with van der Waals surface area (Å²) < 4.78 is 6.59. The summed E-state index contributed by atoms with van der Waals surface area (Å²) in [6.45, 7) is 1.46. The van der Waals surface area contributed by atoms with Gasteiger partial charge < -0.3 is 14.9 Å². The van der Waals surface area contributed by atoms with E-state index in [1.165, 1.54) is 0 Å². The number of carbonyl (C=O) groups is 1. The third-order valence-corrected chi connectivity index (χ3v) is 1.84. The fourth-order valence-electron chi connectivity index (χ4n) is 1.14. The molecule has 1 N–H and O–H groups in total. The summed E-state index contributed by atoms with van der Waals surface area (Å²) in [7, 11) is 7.72. The van der Waals surface area contributed by atoms with Gasteiger partial charge >= 0.3 is 5.97 Å². The van der Waals surface area contributed by atoms with Crippen LogP contribution in [0.2, 0.25) is 0 Å². The lowest BCUT2D eigenvalue weighted by molar-refractivity contribution is -0.142. The second kappa shape index (κ2) is 5.94. The van der Waals surface area contributed by atoms with Crippen LogP contribution in [0.3, 0.4) is 0 Å². The first-order chi connectivity index (χ1) is 6.47. The van der Waals surface area contributed by atoms with Crippen molar-refractivity contribution in [2.24, 2.45) is 5.92 Å². The molecule has 0 bridgehead atoms. The Morgan fingerprint density at radius 3 is 2.38 bits per heavy atom. The number of hydrogen-bond donors (Lipinski definition) is 1. The zero-order valence-corrected chi connectivity index (χ0v) is 8.91. The second-order valence-electron chi connectivity index (χ2n) is 3.87. The molecule has 0 saturated carbocycles. The summed E-state index contributed by atoms with van der Waals surface area (Å²) in [6, 6.07) is 0. The number of aliphatic carboxylic acids is 1. The molecule has 0 fully saturated rings. The largest absolute Gasteiger partial charge is 0.481 e. The van der Waals surface area contributed by atoms with Crippen LogP contribution in [0.5, 0.6) is 0 Å². The molecule has 0 saturated heterocycles. The highest BCUT2D eigenvalue weighted by molar-refractivity contribution is 5.70. The molecule has 78 valence electrons. The quantitative estimate of drug-likeness (QED) is 0.648. The Bertz CT molecular complexity index is 174. The average molecular weight is 189 g/mol. The summed E-state index contributed by atoms with van der Waals surface area (Å²) in [4.78, 5) is 15.1. The Kier molecular flexibility index (Phi) is 4.78. The summed E-state index contributed by atoms with van der Waals surface area (Å²) >= 11 is 0. The number of carboxylic acid groups (broad SMARTS) is 1. The van der Waals surface area contributed by atoms with Crippen LogP contribution in [0, 0.1) is 5.92 Å². The molecule has 0 aliphatic rings. The molecule has 1 atom stereocenters. The minimum Gasteiger partial charge on any atom is -0.481 e. The van der Waals surface area contributed by atoms with E-state index < -0.39 is 5.97 Å². The van der Waals surface area contributed by atoms with Crippen LogP contribution in [0.1, 0.15) is 6.42 Å². The van der Waals surface area contributed by atoms with Crippen molar-refractivity contribution >= 4 is 5.97 Å². The van der Waals surface area contributed by atoms with E-state index in [0.717, 1.165) is 13.0 Å². The highest BCUT2D eigenvalue weighted by Gasteiger charge is 2.17. The molecule has 0 spiro atoms. The zero-order chi connectivity index (χ0) is 11.1. The predicted octanol–water partition coefficient (Wildman–Crippen LogP) is 0.201. The Balaban J connectivity index is 4.04. The van der Waals surface area contributed by atoms with E-state index in [-0.39, 0.29) is 5.92 Å². The molecule has 0 heterocycles. The zero-order valence-electron chi connectivity index (χ0n) is 9.91. The maximum absolute atomic E-state index is 11.2. The van der Waals surface area contributed by atoms with Gasteiger partial charge in [0.15, 0.2) is 0 Å². The molecule has 4 nitrogen and oxygen atoms in total. The van der Waals surface area contributed by atoms with E-state index in [4.69, 9.17) is 1.43 Å². The van der Waals surface area contributed by atoms with E-state index in [2.05, 4.69) is 5.11 Å². The van der Waals surface area contributed by atoms with Crippen LogP contribution in [-0.2, 0) is 4.79 Å². The Morgan fingerprint density at radius 2 is 2.00 bits per heavy atom. The van der Waals surface area contributed by atoms with Crippen molar-refractivity contribution in [2.75, 3.05) is 41.3 Å². The van der Waals surface area contributed by atoms with Gasteiger partial charge in [-0.1, -0.05) is 0 Å². The van der Waals surface area contributed by atoms with Gasteiger partial charge in [0.2, 0.25) is 0 Å². The van der Waals surface area contributed by atoms with Crippen LogP contribution in [0.25, 0.3) is 1.43 Å². The van der Waals surface area contributed by atoms with Crippen LogP contribution in [0.4, 0.5) is 0 Å². The molecule has 0 aromatic heterocycles. The van der Waals surface area contributed by atoms with Gasteiger partial charge in [-0.2, -0.15) is 0 Å². The molecule has 0 amide bonds. The summed E-state index contributed by atoms with van der Waals surface area (Å²) in [5.41, 5.74) is 0. The van der Waals surface area contributed by atoms with Gasteiger partial charge in [0.25, 0.3) is 1.43 Å². The lowest BCUT2D eigenvalue weighted by Crippen LogP contribution is -2.30. The van der Waals surface area contributed by atoms with E-state index in [0.29, 0.717) is 6.54 Å². The number of hydrogen-bond acceptors (Lipinski definition) is 4. The lowest BCUT2D eigenvalue weighted by atomic mass is 10.1. The first-order valence-electron chi connectivity index (χ1n) is 4.84. The van der Waals surface area contributed by atoms with Crippen LogP contribution < -0.4 is 0 Å². The predicted molar refractivity (Wildman–Crippen MR) is 52.9 cm³/mol. The monoisotopic (exact) mass is 189 g/mol. The number of nitrogens with zero attached hydrogens (tertiary/aromatic N) is 2. The number of carboxylic acids is 1. The molecule has 0 aliphatic carbocycles. The van der Waals surface area contributed by atoms with Gasteiger partial charge in [-0.25, -0.2) is 0 Å². The van der Waals surface area contributed by atoms with Gasteiger partial charge in [-0.15, -0.1) is 0 Å². The highest BCUT2D eigenvalue weighted by Crippen LogP contribution is 2.05. The second-order valence-corrected chi connectivity index (χ2v) is 3.87. The first kappa shape index (κ1) is 10.5. The molecule has 0 aromatic carbocycles. The standard InChI is InChI=1S/C9H20N2O2/c1-10(2)6-5-8(9(12)13)7-11(3)4/h8H,5-7H2,1-4H3,(H,12,13)/i/hD. The maximum Gasteiger partial charge on any atom is 0.307 e. The summed E-state index contributed by atoms with van der Waals surface area (Å²) in [5, 5.41) is 4.01. The molecule has 0 aliphatic heterocycles. The molecular weight excluding hydrogens is 168 g/mol. The normalized spacial score (nSPS) is 14.5. The van der Waals surface area contributed by atoms with Crippen LogP contribution in [-0.4, -0.2) is 62.2 Å². The third kappa shape index (κ3) is 6.54. The van der Waals surface area contributed by atoms with Gasteiger partial charge in [0.05, 0.1) is 5.92 Å². The van der Waals surface area contributed by atoms with Gasteiger partial charge in [0.1, 0.15) is 0 Å². The van der Waals surface area contributed by atoms with Crippen molar-refractivity contribution < 1.29 is 9.90 Å². The van der Waals surface area contributed by atoms with Gasteiger partial charge in [-0.05, 0) is 41.2 Å². The van der Waals surface area contributed by atoms with E-state index in [1.807, 2.05) is 38.0 Å². The minimum absolute atomic E-state index is 0.204. The van der Waals surface area contributed by atoms with Crippen LogP contribution in [0.15, 0.2) is 0 Å². The first-order valence-corrected chi connectivity index (χ1v) is 4.43. The molecule has 1 unspecified atom stereocenters. The SMILES string of the molecule is [2H]OC(=O)C(CCN(C)C)CN(C)C. The fourth-order valence-corrected chi connectivity index (χ4v) is 1.14. The molecule has 0 rings (SSSR count). The van der Waals surface area contributed by atoms with E-state index in [1.54, 1.807) is 0 Å². The topological polar surface area (TPSA) is 43.8 Å². The molecular formula is C9H20N2O2. The highest BCUT2D eigenvalue weighted by atomic mass is 16.4. The lowest BCUT2D eigenvalue weighted by Gasteiger charge is -2.18. The number of rotatable bonds is 6. The summed E-state index contributed by atoms with van der Waals surface area (Å²) in [5.74, 6) is -0.648. The third-order valence-electron chi connectivity index (χ3n) is 1.84. The van der Waals surface area contributed by atoms with E-state index >= 15 is 0 Å². The minimum atomic E-state index is -0.444. The van der Waals surface area contributed by atoms with Crippen molar-refractivity contribution in [3.05, 3.63) is 0 Å². The van der Waals surface area contributed by atoms with Crippen molar-refractivity contribution in [3.8, 4) is 0 Å². The van der Waals surface area contributed by atoms with Gasteiger partial charge in [0, 0.05) is 6.54 Å². The van der Waals surface area contributed by atoms with E-state index in [9.17, 15) is 4.79 Å². The fraction of sp³-hybridized carbons (Fsp3) is 0.889. The summed E-state index contributed by atoms with van der Waals surface area (Å²) in [6.07, 6.45) is 0.725. The molecule has 0 aromatic rings. The van der Waals surface area contributed by atoms with Crippen molar-refractivity contribution in [1.29, 1.82) is 1.43 Å².